The minimum absolute atomic E-state index is 0.412. The van der Waals surface area contributed by atoms with Crippen molar-refractivity contribution in [3.05, 3.63) is 71.8 Å². The lowest BCUT2D eigenvalue weighted by atomic mass is 10.2. The summed E-state index contributed by atoms with van der Waals surface area (Å²) in [7, 11) is -1.03. The van der Waals surface area contributed by atoms with Gasteiger partial charge in [-0.05, 0) is 11.1 Å². The van der Waals surface area contributed by atoms with Crippen molar-refractivity contribution in [3.63, 3.8) is 0 Å². The van der Waals surface area contributed by atoms with Gasteiger partial charge in [-0.1, -0.05) is 60.7 Å². The molecule has 0 bridgehead atoms. The Balaban J connectivity index is 1.77. The molecule has 0 saturated heterocycles. The van der Waals surface area contributed by atoms with E-state index in [0.717, 1.165) is 11.1 Å². The van der Waals surface area contributed by atoms with Crippen molar-refractivity contribution in [3.8, 4) is 0 Å². The molecule has 0 heterocycles. The predicted octanol–water partition coefficient (Wildman–Crippen LogP) is 3.65. The Bertz CT molecular complexity index is 421. The van der Waals surface area contributed by atoms with Crippen molar-refractivity contribution >= 4 is 8.38 Å². The molecule has 2 N–H and O–H groups in total. The lowest BCUT2D eigenvalue weighted by Crippen LogP contribution is -2.03. The first-order valence-corrected chi connectivity index (χ1v) is 7.56. The van der Waals surface area contributed by atoms with Crippen LogP contribution in [0.2, 0.25) is 0 Å². The molecular weight excluding hydrogens is 257 g/mol. The van der Waals surface area contributed by atoms with Crippen molar-refractivity contribution < 1.29 is 9.05 Å². The summed E-state index contributed by atoms with van der Waals surface area (Å²) in [5, 5.41) is 0. The highest BCUT2D eigenvalue weighted by atomic mass is 31.2. The average Bonchev–Trinajstić information content (AvgIpc) is 2.49. The van der Waals surface area contributed by atoms with Gasteiger partial charge in [0.05, 0.1) is 19.5 Å². The van der Waals surface area contributed by atoms with Crippen LogP contribution >= 0.6 is 8.38 Å². The van der Waals surface area contributed by atoms with Crippen LogP contribution in [0.4, 0.5) is 0 Å². The van der Waals surface area contributed by atoms with Gasteiger partial charge in [-0.25, -0.2) is 0 Å². The van der Waals surface area contributed by atoms with Gasteiger partial charge in [0, 0.05) is 0 Å². The molecule has 3 nitrogen and oxygen atoms in total. The topological polar surface area (TPSA) is 44.5 Å². The van der Waals surface area contributed by atoms with Gasteiger partial charge in [0.15, 0.2) is 8.38 Å². The summed E-state index contributed by atoms with van der Waals surface area (Å²) in [6, 6.07) is 20.1. The van der Waals surface area contributed by atoms with Crippen LogP contribution in [0.25, 0.3) is 0 Å². The van der Waals surface area contributed by atoms with Crippen LogP contribution < -0.4 is 5.73 Å². The maximum atomic E-state index is 5.72. The van der Waals surface area contributed by atoms with Crippen LogP contribution in [0, 0.1) is 0 Å². The first-order valence-electron chi connectivity index (χ1n) is 6.20. The second kappa shape index (κ2) is 8.03. The quantitative estimate of drug-likeness (QED) is 0.784. The zero-order chi connectivity index (χ0) is 13.3. The van der Waals surface area contributed by atoms with Gasteiger partial charge in [0.1, 0.15) is 0 Å². The van der Waals surface area contributed by atoms with E-state index in [1.807, 2.05) is 60.7 Å². The largest absolute Gasteiger partial charge is 0.328 e. The fourth-order valence-electron chi connectivity index (χ4n) is 1.58. The van der Waals surface area contributed by atoms with Crippen molar-refractivity contribution in [1.29, 1.82) is 0 Å². The Morgan fingerprint density at radius 1 is 0.737 bits per heavy atom. The Kier molecular flexibility index (Phi) is 5.99. The fraction of sp³-hybridized carbons (Fsp3) is 0.200. The summed E-state index contributed by atoms with van der Waals surface area (Å²) in [5.74, 6) is 0. The molecular formula is C15H18NO2P. The standard InChI is InChI=1S/C15H18NO2P/c16-13-19(17-11-14-7-3-1-4-8-14)18-12-15-9-5-2-6-10-15/h1-10H,11-13,16H2. The van der Waals surface area contributed by atoms with Crippen LogP contribution in [-0.2, 0) is 22.3 Å². The molecule has 19 heavy (non-hydrogen) atoms. The van der Waals surface area contributed by atoms with E-state index in [2.05, 4.69) is 0 Å². The molecule has 2 rings (SSSR count). The van der Waals surface area contributed by atoms with E-state index in [1.165, 1.54) is 0 Å². The molecule has 0 fully saturated rings. The molecule has 0 aliphatic carbocycles. The van der Waals surface area contributed by atoms with E-state index in [-0.39, 0.29) is 0 Å². The second-order valence-corrected chi connectivity index (χ2v) is 5.58. The Labute approximate surface area is 115 Å². The molecule has 0 spiro atoms. The van der Waals surface area contributed by atoms with E-state index in [1.54, 1.807) is 0 Å². The first-order chi connectivity index (χ1) is 9.38. The lowest BCUT2D eigenvalue weighted by molar-refractivity contribution is 0.236. The van der Waals surface area contributed by atoms with Gasteiger partial charge in [0.25, 0.3) is 0 Å². The predicted molar refractivity (Wildman–Crippen MR) is 78.4 cm³/mol. The number of hydrogen-bond acceptors (Lipinski definition) is 3. The van der Waals surface area contributed by atoms with Crippen molar-refractivity contribution in [2.75, 3.05) is 6.29 Å². The van der Waals surface area contributed by atoms with Gasteiger partial charge in [-0.2, -0.15) is 0 Å². The monoisotopic (exact) mass is 275 g/mol. The molecule has 0 aliphatic heterocycles. The number of nitrogens with two attached hydrogens (primary N) is 1. The molecule has 0 atom stereocenters. The highest BCUT2D eigenvalue weighted by Crippen LogP contribution is 2.38. The zero-order valence-corrected chi connectivity index (χ0v) is 11.6. The maximum Gasteiger partial charge on any atom is 0.185 e. The highest BCUT2D eigenvalue weighted by molar-refractivity contribution is 7.47. The van der Waals surface area contributed by atoms with Gasteiger partial charge >= 0.3 is 0 Å². The molecule has 0 radical (unpaired) electrons. The number of rotatable bonds is 7. The van der Waals surface area contributed by atoms with Crippen LogP contribution in [0.3, 0.4) is 0 Å². The minimum atomic E-state index is -1.03. The zero-order valence-electron chi connectivity index (χ0n) is 10.7. The molecule has 2 aromatic carbocycles. The highest BCUT2D eigenvalue weighted by Gasteiger charge is 2.08. The van der Waals surface area contributed by atoms with Gasteiger partial charge in [0.2, 0.25) is 0 Å². The maximum absolute atomic E-state index is 5.72. The Morgan fingerprint density at radius 2 is 1.16 bits per heavy atom. The third-order valence-corrected chi connectivity index (χ3v) is 3.72. The summed E-state index contributed by atoms with van der Waals surface area (Å²) >= 11 is 0. The molecule has 0 unspecified atom stereocenters. The second-order valence-electron chi connectivity index (χ2n) is 4.03. The van der Waals surface area contributed by atoms with E-state index in [0.29, 0.717) is 19.5 Å². The Morgan fingerprint density at radius 3 is 1.53 bits per heavy atom. The third kappa shape index (κ3) is 5.09. The minimum Gasteiger partial charge on any atom is -0.328 e. The first kappa shape index (κ1) is 14.2. The summed E-state index contributed by atoms with van der Waals surface area (Å²) in [6.07, 6.45) is 0.412. The normalized spacial score (nSPS) is 10.8. The van der Waals surface area contributed by atoms with Gasteiger partial charge < -0.3 is 14.8 Å². The number of hydrogen-bond donors (Lipinski definition) is 1. The van der Waals surface area contributed by atoms with E-state index < -0.39 is 8.38 Å². The Hall–Kier alpha value is -1.25. The van der Waals surface area contributed by atoms with Crippen LogP contribution in [-0.4, -0.2) is 6.29 Å². The van der Waals surface area contributed by atoms with Gasteiger partial charge in [-0.15, -0.1) is 0 Å². The molecule has 0 saturated carbocycles. The van der Waals surface area contributed by atoms with Crippen LogP contribution in [0.1, 0.15) is 11.1 Å². The molecule has 0 amide bonds. The molecule has 100 valence electrons. The summed E-state index contributed by atoms with van der Waals surface area (Å²) in [6.45, 7) is 1.08. The van der Waals surface area contributed by atoms with Crippen molar-refractivity contribution in [1.82, 2.24) is 0 Å². The average molecular weight is 275 g/mol. The molecule has 2 aromatic rings. The number of benzene rings is 2. The van der Waals surface area contributed by atoms with E-state index in [4.69, 9.17) is 14.8 Å². The molecule has 0 aromatic heterocycles. The SMILES string of the molecule is NCP(OCc1ccccc1)OCc1ccccc1. The van der Waals surface area contributed by atoms with Crippen molar-refractivity contribution in [2.45, 2.75) is 13.2 Å². The summed E-state index contributed by atoms with van der Waals surface area (Å²) in [4.78, 5) is 0. The van der Waals surface area contributed by atoms with Crippen LogP contribution in [0.5, 0.6) is 0 Å². The van der Waals surface area contributed by atoms with Crippen molar-refractivity contribution in [2.24, 2.45) is 5.73 Å². The van der Waals surface area contributed by atoms with E-state index in [9.17, 15) is 0 Å². The van der Waals surface area contributed by atoms with E-state index >= 15 is 0 Å². The summed E-state index contributed by atoms with van der Waals surface area (Å²) in [5.41, 5.74) is 7.94. The smallest absolute Gasteiger partial charge is 0.185 e. The van der Waals surface area contributed by atoms with Crippen LogP contribution in [0.15, 0.2) is 60.7 Å². The fourth-order valence-corrected chi connectivity index (χ4v) is 2.46. The van der Waals surface area contributed by atoms with Gasteiger partial charge in [-0.3, -0.25) is 0 Å². The summed E-state index contributed by atoms with van der Waals surface area (Å²) < 4.78 is 11.4. The molecule has 0 aliphatic rings. The lowest BCUT2D eigenvalue weighted by Gasteiger charge is -2.15. The molecule has 4 heteroatoms. The third-order valence-electron chi connectivity index (χ3n) is 2.59.